The number of anilines is 2. The summed E-state index contributed by atoms with van der Waals surface area (Å²) in [5.74, 6) is 3.76. The number of likely N-dealkylation sites (tertiary alicyclic amines) is 1. The second-order valence-corrected chi connectivity index (χ2v) is 15.6. The molecule has 4 aromatic rings. The molecule has 0 unspecified atom stereocenters. The van der Waals surface area contributed by atoms with Gasteiger partial charge in [0.1, 0.15) is 30.0 Å². The first-order chi connectivity index (χ1) is 24.2. The van der Waals surface area contributed by atoms with E-state index in [4.69, 9.17) is 9.72 Å². The molecule has 5 heterocycles. The molecule has 1 spiro atoms. The van der Waals surface area contributed by atoms with Crippen LogP contribution in [-0.2, 0) is 6.54 Å². The monoisotopic (exact) mass is 678 g/mol. The number of hydrogen-bond donors (Lipinski definition) is 1. The van der Waals surface area contributed by atoms with Crippen LogP contribution in [0.15, 0.2) is 55.2 Å². The summed E-state index contributed by atoms with van der Waals surface area (Å²) in [5.41, 5.74) is 3.64. The quantitative estimate of drug-likeness (QED) is 0.190. The average Bonchev–Trinajstić information content (AvgIpc) is 3.82. The minimum absolute atomic E-state index is 0.217. The van der Waals surface area contributed by atoms with Crippen molar-refractivity contribution in [1.82, 2.24) is 39.9 Å². The molecule has 4 aliphatic rings. The lowest BCUT2D eigenvalue weighted by Gasteiger charge is -2.57. The van der Waals surface area contributed by atoms with E-state index < -0.39 is 0 Å². The van der Waals surface area contributed by atoms with Crippen LogP contribution in [0.3, 0.4) is 0 Å². The van der Waals surface area contributed by atoms with Gasteiger partial charge in [-0.3, -0.25) is 4.90 Å². The molecule has 1 N–H and O–H groups in total. The van der Waals surface area contributed by atoms with E-state index in [0.717, 1.165) is 74.8 Å². The van der Waals surface area contributed by atoms with Gasteiger partial charge in [-0.15, -0.1) is 10.2 Å². The van der Waals surface area contributed by atoms with E-state index >= 15 is 0 Å². The fourth-order valence-electron chi connectivity index (χ4n) is 8.58. The number of halogens is 1. The van der Waals surface area contributed by atoms with Crippen molar-refractivity contribution in [3.8, 4) is 22.8 Å². The summed E-state index contributed by atoms with van der Waals surface area (Å²) < 4.78 is 21.0. The van der Waals surface area contributed by atoms with E-state index in [0.29, 0.717) is 52.8 Å². The maximum atomic E-state index is 14.6. The lowest BCUT2D eigenvalue weighted by Crippen LogP contribution is -2.65. The van der Waals surface area contributed by atoms with Crippen LogP contribution in [0.1, 0.15) is 63.3 Å². The van der Waals surface area contributed by atoms with Gasteiger partial charge in [-0.25, -0.2) is 24.3 Å². The van der Waals surface area contributed by atoms with Crippen LogP contribution < -0.4 is 15.0 Å². The fourth-order valence-corrected chi connectivity index (χ4v) is 8.58. The summed E-state index contributed by atoms with van der Waals surface area (Å²) in [4.78, 5) is 25.4. The van der Waals surface area contributed by atoms with Gasteiger partial charge in [0.2, 0.25) is 0 Å². The highest BCUT2D eigenvalue weighted by Crippen LogP contribution is 2.49. The molecule has 0 bridgehead atoms. The van der Waals surface area contributed by atoms with E-state index in [-0.39, 0.29) is 11.2 Å². The number of pyridine rings is 1. The zero-order chi connectivity index (χ0) is 34.4. The van der Waals surface area contributed by atoms with Gasteiger partial charge in [-0.1, -0.05) is 19.9 Å². The number of ether oxygens (including phenoxy) is 1. The van der Waals surface area contributed by atoms with E-state index in [9.17, 15) is 4.39 Å². The number of nitrogens with one attached hydrogen (secondary N) is 1. The highest BCUT2D eigenvalue weighted by molar-refractivity contribution is 5.73. The Labute approximate surface area is 293 Å². The summed E-state index contributed by atoms with van der Waals surface area (Å²) in [6.07, 6.45) is 10.4. The van der Waals surface area contributed by atoms with Crippen LogP contribution in [0, 0.1) is 23.1 Å². The van der Waals surface area contributed by atoms with Gasteiger partial charge in [-0.05, 0) is 88.4 Å². The topological polar surface area (TPSA) is 108 Å². The third-order valence-electron chi connectivity index (χ3n) is 10.9. The first kappa shape index (κ1) is 32.9. The predicted octanol–water partition coefficient (Wildman–Crippen LogP) is 6.02. The number of benzene rings is 1. The molecular weight excluding hydrogens is 631 g/mol. The van der Waals surface area contributed by atoms with Gasteiger partial charge < -0.3 is 19.9 Å². The summed E-state index contributed by atoms with van der Waals surface area (Å²) in [6, 6.07) is 11.9. The summed E-state index contributed by atoms with van der Waals surface area (Å²) >= 11 is 0. The minimum atomic E-state index is -0.345. The lowest BCUT2D eigenvalue weighted by atomic mass is 9.68. The first-order valence-electron chi connectivity index (χ1n) is 18.1. The molecule has 4 fully saturated rings. The van der Waals surface area contributed by atoms with Crippen LogP contribution in [0.25, 0.3) is 11.1 Å². The zero-order valence-corrected chi connectivity index (χ0v) is 29.5. The van der Waals surface area contributed by atoms with Crippen molar-refractivity contribution in [2.75, 3.05) is 50.5 Å². The van der Waals surface area contributed by atoms with Crippen molar-refractivity contribution in [2.45, 2.75) is 70.5 Å². The maximum Gasteiger partial charge on any atom is 0.282 e. The number of nitrogens with zero attached hydrogens (tertiary/aromatic N) is 9. The lowest BCUT2D eigenvalue weighted by molar-refractivity contribution is -0.0656. The number of hydrogen-bond acceptors (Lipinski definition) is 11. The third-order valence-corrected chi connectivity index (χ3v) is 10.9. The fraction of sp³-hybridized carbons (Fsp3) is 0.526. The number of rotatable bonds is 12. The van der Waals surface area contributed by atoms with Gasteiger partial charge in [-0.2, -0.15) is 0 Å². The van der Waals surface area contributed by atoms with E-state index in [1.807, 2.05) is 0 Å². The smallest absolute Gasteiger partial charge is 0.282 e. The maximum absolute atomic E-state index is 14.6. The molecule has 2 aliphatic carbocycles. The molecule has 0 amide bonds. The van der Waals surface area contributed by atoms with Crippen LogP contribution in [-0.4, -0.2) is 92.3 Å². The summed E-state index contributed by atoms with van der Waals surface area (Å²) in [6.45, 7) is 9.53. The molecule has 2 aliphatic heterocycles. The SMILES string of the molecule is CC(C)[C@H](C1CC(Nc2cccc(CN(C)C)n2)C1)N1CC2(CCN(c3ncnnc3Oc3ccc(F)cc3-c3cncnc3C3CC3)C2)C1. The Kier molecular flexibility index (Phi) is 8.84. The molecule has 8 rings (SSSR count). The van der Waals surface area contributed by atoms with Crippen molar-refractivity contribution in [1.29, 1.82) is 0 Å². The molecule has 11 nitrogen and oxygen atoms in total. The van der Waals surface area contributed by atoms with E-state index in [1.54, 1.807) is 18.6 Å². The molecule has 1 aromatic carbocycles. The van der Waals surface area contributed by atoms with Gasteiger partial charge in [0, 0.05) is 73.5 Å². The first-order valence-corrected chi connectivity index (χ1v) is 18.1. The molecular formula is C38H47FN10O. The summed E-state index contributed by atoms with van der Waals surface area (Å²) in [5, 5.41) is 12.1. The normalized spacial score (nSPS) is 22.1. The Morgan fingerprint density at radius 2 is 1.88 bits per heavy atom. The third kappa shape index (κ3) is 6.75. The van der Waals surface area contributed by atoms with E-state index in [1.165, 1.54) is 31.3 Å². The van der Waals surface area contributed by atoms with Crippen molar-refractivity contribution in [3.05, 3.63) is 72.5 Å². The molecule has 3 aromatic heterocycles. The van der Waals surface area contributed by atoms with Crippen molar-refractivity contribution in [3.63, 3.8) is 0 Å². The van der Waals surface area contributed by atoms with Crippen molar-refractivity contribution in [2.24, 2.45) is 17.3 Å². The second-order valence-electron chi connectivity index (χ2n) is 15.6. The Balaban J connectivity index is 0.914. The Morgan fingerprint density at radius 3 is 2.66 bits per heavy atom. The van der Waals surface area contributed by atoms with Crippen LogP contribution in [0.5, 0.6) is 11.6 Å². The zero-order valence-electron chi connectivity index (χ0n) is 29.5. The van der Waals surface area contributed by atoms with Crippen molar-refractivity contribution >= 4 is 11.6 Å². The Hall–Kier alpha value is -4.29. The van der Waals surface area contributed by atoms with Gasteiger partial charge in [0.15, 0.2) is 5.82 Å². The molecule has 2 saturated carbocycles. The standard InChI is InChI=1S/C38H47FN10O/c1-24(2)35(26-14-29(15-26)45-33-7-5-6-28(44-33)18-47(3)4)49-20-38(21-49)12-13-48(19-38)36-37(46-43-23-42-36)50-32-11-10-27(39)16-30(32)31-17-40-22-41-34(31)25-8-9-25/h5-7,10-11,16-17,22-26,29,35H,8-9,12-15,18-21H2,1-4H3,(H,44,45)/t26?,29?,35-/m1/s1. The van der Waals surface area contributed by atoms with E-state index in [2.05, 4.69) is 91.3 Å². The predicted molar refractivity (Wildman–Crippen MR) is 191 cm³/mol. The molecule has 50 heavy (non-hydrogen) atoms. The Bertz CT molecular complexity index is 1820. The van der Waals surface area contributed by atoms with Crippen LogP contribution >= 0.6 is 0 Å². The molecule has 0 radical (unpaired) electrons. The van der Waals surface area contributed by atoms with Gasteiger partial charge >= 0.3 is 0 Å². The highest BCUT2D eigenvalue weighted by atomic mass is 19.1. The van der Waals surface area contributed by atoms with Gasteiger partial charge in [0.25, 0.3) is 5.88 Å². The number of aromatic nitrogens is 6. The molecule has 12 heteroatoms. The second kappa shape index (κ2) is 13.4. The molecule has 2 saturated heterocycles. The largest absolute Gasteiger partial charge is 0.434 e. The van der Waals surface area contributed by atoms with Crippen molar-refractivity contribution < 1.29 is 9.13 Å². The average molecular weight is 679 g/mol. The Morgan fingerprint density at radius 1 is 1.04 bits per heavy atom. The van der Waals surface area contributed by atoms with Crippen LogP contribution in [0.4, 0.5) is 16.0 Å². The summed E-state index contributed by atoms with van der Waals surface area (Å²) in [7, 11) is 4.15. The minimum Gasteiger partial charge on any atom is -0.434 e. The molecule has 262 valence electrons. The van der Waals surface area contributed by atoms with Crippen LogP contribution in [0.2, 0.25) is 0 Å². The highest BCUT2D eigenvalue weighted by Gasteiger charge is 2.53. The molecule has 1 atom stereocenters. The van der Waals surface area contributed by atoms with Gasteiger partial charge in [0.05, 0.1) is 11.4 Å².